The van der Waals surface area contributed by atoms with Gasteiger partial charge in [-0.2, -0.15) is 0 Å². The van der Waals surface area contributed by atoms with Crippen LogP contribution in [0.25, 0.3) is 0 Å². The van der Waals surface area contributed by atoms with Crippen LogP contribution < -0.4 is 10.2 Å². The lowest BCUT2D eigenvalue weighted by molar-refractivity contribution is -0.145. The van der Waals surface area contributed by atoms with Gasteiger partial charge in [0.1, 0.15) is 0 Å². The van der Waals surface area contributed by atoms with Crippen LogP contribution in [0.3, 0.4) is 0 Å². The van der Waals surface area contributed by atoms with Crippen LogP contribution in [0, 0.1) is 0 Å². The molecule has 0 saturated carbocycles. The number of hydrogen-bond donors (Lipinski definition) is 1. The number of amides is 3. The van der Waals surface area contributed by atoms with Crippen LogP contribution >= 0.6 is 0 Å². The van der Waals surface area contributed by atoms with E-state index < -0.39 is 23.9 Å². The van der Waals surface area contributed by atoms with Crippen molar-refractivity contribution in [1.29, 1.82) is 0 Å². The molecular weight excluding hydrogens is 224 g/mol. The quantitative estimate of drug-likeness (QED) is 0.453. The zero-order valence-corrected chi connectivity index (χ0v) is 9.04. The third-order valence-electron chi connectivity index (χ3n) is 2.39. The molecular formula is C11H10N2O4. The van der Waals surface area contributed by atoms with Gasteiger partial charge in [-0.3, -0.25) is 4.79 Å². The molecule has 1 saturated heterocycles. The molecule has 0 aliphatic carbocycles. The van der Waals surface area contributed by atoms with Crippen molar-refractivity contribution in [2.45, 2.75) is 6.04 Å². The second-order valence-corrected chi connectivity index (χ2v) is 3.41. The Labute approximate surface area is 97.2 Å². The second-order valence-electron chi connectivity index (χ2n) is 3.41. The molecule has 17 heavy (non-hydrogen) atoms. The average molecular weight is 234 g/mol. The summed E-state index contributed by atoms with van der Waals surface area (Å²) in [5, 5.41) is 2.27. The molecule has 3 amide bonds. The van der Waals surface area contributed by atoms with Crippen LogP contribution in [-0.2, 0) is 14.3 Å². The van der Waals surface area contributed by atoms with E-state index in [1.165, 1.54) is 0 Å². The molecule has 1 heterocycles. The molecule has 0 radical (unpaired) electrons. The Kier molecular flexibility index (Phi) is 2.78. The predicted molar refractivity (Wildman–Crippen MR) is 58.3 cm³/mol. The van der Waals surface area contributed by atoms with Crippen molar-refractivity contribution in [3.63, 3.8) is 0 Å². The Bertz CT molecular complexity index is 472. The number of methoxy groups -OCH3 is 1. The number of urea groups is 1. The van der Waals surface area contributed by atoms with E-state index in [1.54, 1.807) is 30.3 Å². The summed E-state index contributed by atoms with van der Waals surface area (Å²) in [5.74, 6) is -1.41. The number of carbonyl (C=O) groups is 3. The van der Waals surface area contributed by atoms with Crippen molar-refractivity contribution >= 4 is 23.6 Å². The van der Waals surface area contributed by atoms with Gasteiger partial charge in [-0.1, -0.05) is 18.2 Å². The first-order valence-corrected chi connectivity index (χ1v) is 4.92. The number of rotatable bonds is 2. The fourth-order valence-electron chi connectivity index (χ4n) is 1.58. The van der Waals surface area contributed by atoms with Crippen molar-refractivity contribution in [1.82, 2.24) is 5.32 Å². The Hall–Kier alpha value is -2.37. The van der Waals surface area contributed by atoms with Gasteiger partial charge in [0.15, 0.2) is 0 Å². The summed E-state index contributed by atoms with van der Waals surface area (Å²) < 4.78 is 4.44. The van der Waals surface area contributed by atoms with Gasteiger partial charge < -0.3 is 10.1 Å². The largest absolute Gasteiger partial charge is 0.467 e. The number of ether oxygens (including phenoxy) is 1. The highest BCUT2D eigenvalue weighted by Gasteiger charge is 2.43. The van der Waals surface area contributed by atoms with Gasteiger partial charge in [0.25, 0.3) is 5.91 Å². The van der Waals surface area contributed by atoms with E-state index in [1.807, 2.05) is 0 Å². The van der Waals surface area contributed by atoms with E-state index in [9.17, 15) is 14.4 Å². The van der Waals surface area contributed by atoms with Gasteiger partial charge in [0.05, 0.1) is 12.8 Å². The van der Waals surface area contributed by atoms with Crippen LogP contribution in [0.1, 0.15) is 0 Å². The number of hydrogen-bond acceptors (Lipinski definition) is 4. The molecule has 1 atom stereocenters. The van der Waals surface area contributed by atoms with Crippen molar-refractivity contribution in [3.05, 3.63) is 30.3 Å². The Balaban J connectivity index is 2.29. The van der Waals surface area contributed by atoms with E-state index in [-0.39, 0.29) is 0 Å². The maximum atomic E-state index is 11.9. The van der Waals surface area contributed by atoms with E-state index >= 15 is 0 Å². The molecule has 1 aliphatic rings. The fraction of sp³-hybridized carbons (Fsp3) is 0.182. The first-order valence-electron chi connectivity index (χ1n) is 4.92. The molecule has 6 nitrogen and oxygen atoms in total. The normalized spacial score (nSPS) is 19.1. The van der Waals surface area contributed by atoms with Gasteiger partial charge in [0, 0.05) is 0 Å². The first kappa shape index (κ1) is 11.1. The molecule has 0 bridgehead atoms. The lowest BCUT2D eigenvalue weighted by Gasteiger charge is -2.11. The highest BCUT2D eigenvalue weighted by molar-refractivity contribution is 6.27. The number of anilines is 1. The zero-order valence-electron chi connectivity index (χ0n) is 9.04. The molecule has 1 aromatic rings. The number of nitrogens with one attached hydrogen (secondary N) is 1. The molecule has 88 valence electrons. The molecule has 0 spiro atoms. The monoisotopic (exact) mass is 234 g/mol. The maximum absolute atomic E-state index is 11.9. The highest BCUT2D eigenvalue weighted by atomic mass is 16.5. The van der Waals surface area contributed by atoms with Gasteiger partial charge >= 0.3 is 12.0 Å². The molecule has 1 aliphatic heterocycles. The fourth-order valence-corrected chi connectivity index (χ4v) is 1.58. The number of nitrogens with zero attached hydrogens (tertiary/aromatic N) is 1. The van der Waals surface area contributed by atoms with Gasteiger partial charge in [-0.15, -0.1) is 0 Å². The topological polar surface area (TPSA) is 75.7 Å². The summed E-state index contributed by atoms with van der Waals surface area (Å²) in [7, 11) is 1.16. The summed E-state index contributed by atoms with van der Waals surface area (Å²) >= 11 is 0. The molecule has 0 aromatic heterocycles. The van der Waals surface area contributed by atoms with Crippen molar-refractivity contribution < 1.29 is 19.1 Å². The summed E-state index contributed by atoms with van der Waals surface area (Å²) in [4.78, 5) is 35.6. The molecule has 1 N–H and O–H groups in total. The standard InChI is InChI=1S/C11H10N2O4/c1-17-10(15)8-9(14)13(11(16)12-8)7-5-3-2-4-6-7/h2-6,8H,1H3,(H,12,16). The summed E-state index contributed by atoms with van der Waals surface area (Å²) in [5.41, 5.74) is 0.418. The molecule has 1 unspecified atom stereocenters. The van der Waals surface area contributed by atoms with Crippen molar-refractivity contribution in [3.8, 4) is 0 Å². The minimum Gasteiger partial charge on any atom is -0.467 e. The minimum atomic E-state index is -1.26. The Morgan fingerprint density at radius 1 is 1.29 bits per heavy atom. The van der Waals surface area contributed by atoms with Gasteiger partial charge in [-0.05, 0) is 12.1 Å². The molecule has 1 fully saturated rings. The lowest BCUT2D eigenvalue weighted by Crippen LogP contribution is -2.38. The lowest BCUT2D eigenvalue weighted by atomic mass is 10.2. The van der Waals surface area contributed by atoms with Crippen LogP contribution in [0.4, 0.5) is 10.5 Å². The summed E-state index contributed by atoms with van der Waals surface area (Å²) in [6.07, 6.45) is 0. The highest BCUT2D eigenvalue weighted by Crippen LogP contribution is 2.19. The summed E-state index contributed by atoms with van der Waals surface area (Å²) in [6, 6.07) is 6.49. The second kappa shape index (κ2) is 4.25. The summed E-state index contributed by atoms with van der Waals surface area (Å²) in [6.45, 7) is 0. The van der Waals surface area contributed by atoms with Crippen molar-refractivity contribution in [2.75, 3.05) is 12.0 Å². The van der Waals surface area contributed by atoms with Gasteiger partial charge in [-0.25, -0.2) is 14.5 Å². The SMILES string of the molecule is COC(=O)C1NC(=O)N(c2ccccc2)C1=O. The van der Waals surface area contributed by atoms with Crippen LogP contribution in [0.5, 0.6) is 0 Å². The zero-order chi connectivity index (χ0) is 12.4. The number of para-hydroxylation sites is 1. The average Bonchev–Trinajstić information content (AvgIpc) is 2.65. The smallest absolute Gasteiger partial charge is 0.338 e. The number of benzene rings is 1. The number of carbonyl (C=O) groups excluding carboxylic acids is 3. The molecule has 6 heteroatoms. The third kappa shape index (κ3) is 1.84. The van der Waals surface area contributed by atoms with Crippen molar-refractivity contribution in [2.24, 2.45) is 0 Å². The first-order chi connectivity index (χ1) is 8.15. The Morgan fingerprint density at radius 2 is 1.94 bits per heavy atom. The van der Waals surface area contributed by atoms with E-state index in [2.05, 4.69) is 10.1 Å². The number of esters is 1. The van der Waals surface area contributed by atoms with Crippen LogP contribution in [0.15, 0.2) is 30.3 Å². The number of imide groups is 1. The van der Waals surface area contributed by atoms with Gasteiger partial charge in [0.2, 0.25) is 6.04 Å². The maximum Gasteiger partial charge on any atom is 0.338 e. The van der Waals surface area contributed by atoms with Crippen LogP contribution in [-0.4, -0.2) is 31.1 Å². The molecule has 1 aromatic carbocycles. The molecule has 2 rings (SSSR count). The minimum absolute atomic E-state index is 0.418. The predicted octanol–water partition coefficient (Wildman–Crippen LogP) is 0.284. The van der Waals surface area contributed by atoms with E-state index in [0.29, 0.717) is 5.69 Å². The van der Waals surface area contributed by atoms with E-state index in [4.69, 9.17) is 0 Å². The Morgan fingerprint density at radius 3 is 2.53 bits per heavy atom. The van der Waals surface area contributed by atoms with E-state index in [0.717, 1.165) is 12.0 Å². The van der Waals surface area contributed by atoms with Crippen LogP contribution in [0.2, 0.25) is 0 Å². The third-order valence-corrected chi connectivity index (χ3v) is 2.39.